The van der Waals surface area contributed by atoms with E-state index in [-0.39, 0.29) is 23.4 Å². The van der Waals surface area contributed by atoms with E-state index < -0.39 is 9.84 Å². The fourth-order valence-electron chi connectivity index (χ4n) is 2.31. The molecule has 0 amide bonds. The van der Waals surface area contributed by atoms with Crippen LogP contribution < -0.4 is 10.6 Å². The number of nitrogens with zero attached hydrogens (tertiary/aromatic N) is 1. The van der Waals surface area contributed by atoms with E-state index in [1.807, 2.05) is 6.07 Å². The van der Waals surface area contributed by atoms with Crippen LogP contribution >= 0.6 is 0 Å². The highest BCUT2D eigenvalue weighted by Gasteiger charge is 2.28. The monoisotopic (exact) mass is 313 g/mol. The molecule has 0 aromatic heterocycles. The molecule has 1 aromatic rings. The summed E-state index contributed by atoms with van der Waals surface area (Å²) in [4.78, 5) is 4.07. The highest BCUT2D eigenvalue weighted by molar-refractivity contribution is 7.91. The van der Waals surface area contributed by atoms with E-state index in [1.54, 1.807) is 13.1 Å². The molecule has 1 unspecified atom stereocenters. The lowest BCUT2D eigenvalue weighted by Crippen LogP contribution is -2.44. The number of aliphatic imine (C=N–C) groups is 1. The van der Waals surface area contributed by atoms with Crippen LogP contribution in [0.2, 0.25) is 0 Å². The van der Waals surface area contributed by atoms with Crippen molar-refractivity contribution in [3.63, 3.8) is 0 Å². The van der Waals surface area contributed by atoms with Crippen molar-refractivity contribution in [1.82, 2.24) is 10.6 Å². The molecule has 5 nitrogen and oxygen atoms in total. The molecule has 21 heavy (non-hydrogen) atoms. The molecular formula is C14H20FN3O2S. The molecule has 2 N–H and O–H groups in total. The van der Waals surface area contributed by atoms with Gasteiger partial charge in [-0.3, -0.25) is 4.99 Å². The Morgan fingerprint density at radius 1 is 1.48 bits per heavy atom. The van der Waals surface area contributed by atoms with Crippen molar-refractivity contribution in [3.8, 4) is 0 Å². The zero-order chi connectivity index (χ0) is 15.3. The van der Waals surface area contributed by atoms with Crippen LogP contribution in [0.15, 0.2) is 29.3 Å². The number of sulfone groups is 1. The van der Waals surface area contributed by atoms with Crippen LogP contribution in [-0.4, -0.2) is 45.5 Å². The molecule has 1 aliphatic rings. The van der Waals surface area contributed by atoms with Gasteiger partial charge in [0.25, 0.3) is 0 Å². The number of guanidine groups is 1. The van der Waals surface area contributed by atoms with E-state index in [0.717, 1.165) is 5.56 Å². The Labute approximate surface area is 124 Å². The van der Waals surface area contributed by atoms with Gasteiger partial charge in [0.2, 0.25) is 0 Å². The van der Waals surface area contributed by atoms with Crippen molar-refractivity contribution in [3.05, 3.63) is 35.6 Å². The summed E-state index contributed by atoms with van der Waals surface area (Å²) in [5.74, 6) is 0.711. The number of nitrogens with one attached hydrogen (secondary N) is 2. The van der Waals surface area contributed by atoms with Crippen molar-refractivity contribution < 1.29 is 12.8 Å². The summed E-state index contributed by atoms with van der Waals surface area (Å²) in [7, 11) is -1.26. The van der Waals surface area contributed by atoms with Crippen LogP contribution in [0, 0.1) is 5.82 Å². The van der Waals surface area contributed by atoms with Crippen LogP contribution in [0.3, 0.4) is 0 Å². The van der Waals surface area contributed by atoms with Gasteiger partial charge in [0.05, 0.1) is 11.5 Å². The summed E-state index contributed by atoms with van der Waals surface area (Å²) in [6.07, 6.45) is 1.27. The van der Waals surface area contributed by atoms with Gasteiger partial charge < -0.3 is 10.6 Å². The molecule has 116 valence electrons. The van der Waals surface area contributed by atoms with Gasteiger partial charge in [-0.1, -0.05) is 12.1 Å². The lowest BCUT2D eigenvalue weighted by molar-refractivity contribution is 0.599. The largest absolute Gasteiger partial charge is 0.356 e. The van der Waals surface area contributed by atoms with Gasteiger partial charge in [-0.05, 0) is 30.5 Å². The van der Waals surface area contributed by atoms with Gasteiger partial charge in [0.1, 0.15) is 5.82 Å². The van der Waals surface area contributed by atoms with Gasteiger partial charge in [-0.2, -0.15) is 0 Å². The van der Waals surface area contributed by atoms with Gasteiger partial charge in [0, 0.05) is 19.6 Å². The van der Waals surface area contributed by atoms with Crippen LogP contribution in [0.25, 0.3) is 0 Å². The topological polar surface area (TPSA) is 70.6 Å². The minimum atomic E-state index is -2.90. The Bertz CT molecular complexity index is 616. The third-order valence-corrected chi connectivity index (χ3v) is 5.16. The number of hydrogen-bond donors (Lipinski definition) is 2. The van der Waals surface area contributed by atoms with Crippen LogP contribution in [-0.2, 0) is 16.3 Å². The predicted octanol–water partition coefficient (Wildman–Crippen LogP) is 0.720. The van der Waals surface area contributed by atoms with E-state index >= 15 is 0 Å². The summed E-state index contributed by atoms with van der Waals surface area (Å²) < 4.78 is 35.9. The molecule has 0 bridgehead atoms. The fourth-order valence-corrected chi connectivity index (χ4v) is 3.99. The normalized spacial score (nSPS) is 21.2. The number of rotatable bonds is 4. The average molecular weight is 313 g/mol. The number of halogens is 1. The van der Waals surface area contributed by atoms with E-state index in [2.05, 4.69) is 15.6 Å². The Kier molecular flexibility index (Phi) is 5.17. The lowest BCUT2D eigenvalue weighted by atomic mass is 10.1. The summed E-state index contributed by atoms with van der Waals surface area (Å²) in [6.45, 7) is 0.600. The summed E-state index contributed by atoms with van der Waals surface area (Å²) in [5.41, 5.74) is 0.904. The van der Waals surface area contributed by atoms with E-state index in [4.69, 9.17) is 0 Å². The van der Waals surface area contributed by atoms with E-state index in [0.29, 0.717) is 25.3 Å². The van der Waals surface area contributed by atoms with Crippen molar-refractivity contribution in [2.75, 3.05) is 25.1 Å². The average Bonchev–Trinajstić information content (AvgIpc) is 2.77. The van der Waals surface area contributed by atoms with Gasteiger partial charge >= 0.3 is 0 Å². The Morgan fingerprint density at radius 2 is 2.29 bits per heavy atom. The van der Waals surface area contributed by atoms with Crippen molar-refractivity contribution in [1.29, 1.82) is 0 Å². The minimum Gasteiger partial charge on any atom is -0.356 e. The molecule has 1 aliphatic heterocycles. The smallest absolute Gasteiger partial charge is 0.191 e. The highest BCUT2D eigenvalue weighted by Crippen LogP contribution is 2.11. The third-order valence-electron chi connectivity index (χ3n) is 3.39. The number of hydrogen-bond acceptors (Lipinski definition) is 3. The van der Waals surface area contributed by atoms with Crippen LogP contribution in [0.1, 0.15) is 12.0 Å². The standard InChI is InChI=1S/C14H20FN3O2S/c1-16-14(18-13-6-8-21(19,20)10-13)17-7-5-11-3-2-4-12(15)9-11/h2-4,9,13H,5-8,10H2,1H3,(H2,16,17,18). The molecule has 1 heterocycles. The lowest BCUT2D eigenvalue weighted by Gasteiger charge is -2.16. The second-order valence-electron chi connectivity index (χ2n) is 5.12. The van der Waals surface area contributed by atoms with Crippen molar-refractivity contribution in [2.24, 2.45) is 4.99 Å². The second kappa shape index (κ2) is 6.89. The van der Waals surface area contributed by atoms with Gasteiger partial charge in [0.15, 0.2) is 15.8 Å². The zero-order valence-corrected chi connectivity index (χ0v) is 12.8. The first-order chi connectivity index (χ1) is 9.98. The van der Waals surface area contributed by atoms with E-state index in [9.17, 15) is 12.8 Å². The molecule has 0 aliphatic carbocycles. The minimum absolute atomic E-state index is 0.0876. The van der Waals surface area contributed by atoms with Gasteiger partial charge in [-0.15, -0.1) is 0 Å². The molecular weight excluding hydrogens is 293 g/mol. The maximum absolute atomic E-state index is 13.0. The van der Waals surface area contributed by atoms with Crippen molar-refractivity contribution >= 4 is 15.8 Å². The summed E-state index contributed by atoms with van der Waals surface area (Å²) >= 11 is 0. The molecule has 1 atom stereocenters. The first-order valence-electron chi connectivity index (χ1n) is 6.90. The summed E-state index contributed by atoms with van der Waals surface area (Å²) in [5, 5.41) is 6.22. The maximum Gasteiger partial charge on any atom is 0.191 e. The molecule has 1 saturated heterocycles. The zero-order valence-electron chi connectivity index (χ0n) is 12.0. The molecule has 0 radical (unpaired) electrons. The predicted molar refractivity (Wildman–Crippen MR) is 81.7 cm³/mol. The fraction of sp³-hybridized carbons (Fsp3) is 0.500. The highest BCUT2D eigenvalue weighted by atomic mass is 32.2. The van der Waals surface area contributed by atoms with E-state index in [1.165, 1.54) is 12.1 Å². The maximum atomic E-state index is 13.0. The first kappa shape index (κ1) is 15.8. The second-order valence-corrected chi connectivity index (χ2v) is 7.35. The molecule has 2 rings (SSSR count). The molecule has 1 fully saturated rings. The Balaban J connectivity index is 1.78. The van der Waals surface area contributed by atoms with Crippen molar-refractivity contribution in [2.45, 2.75) is 18.9 Å². The van der Waals surface area contributed by atoms with Crippen LogP contribution in [0.5, 0.6) is 0 Å². The molecule has 7 heteroatoms. The molecule has 0 spiro atoms. The Hall–Kier alpha value is -1.63. The third kappa shape index (κ3) is 5.00. The molecule has 1 aromatic carbocycles. The SMILES string of the molecule is CN=C(NCCc1cccc(F)c1)NC1CCS(=O)(=O)C1. The van der Waals surface area contributed by atoms with Gasteiger partial charge in [-0.25, -0.2) is 12.8 Å². The summed E-state index contributed by atoms with van der Waals surface area (Å²) in [6, 6.07) is 6.38. The quantitative estimate of drug-likeness (QED) is 0.635. The Morgan fingerprint density at radius 3 is 2.90 bits per heavy atom. The number of benzene rings is 1. The first-order valence-corrected chi connectivity index (χ1v) is 8.73. The molecule has 0 saturated carbocycles. The van der Waals surface area contributed by atoms with Crippen LogP contribution in [0.4, 0.5) is 4.39 Å².